The number of amides is 1. The van der Waals surface area contributed by atoms with Gasteiger partial charge in [-0.3, -0.25) is 4.79 Å². The molecule has 0 spiro atoms. The Kier molecular flexibility index (Phi) is 7.90. The number of carbonyl (C=O) groups is 1. The molecule has 0 fully saturated rings. The molecule has 0 saturated heterocycles. The van der Waals surface area contributed by atoms with Gasteiger partial charge >= 0.3 is 6.23 Å². The summed E-state index contributed by atoms with van der Waals surface area (Å²) in [6.45, 7) is 9.12. The van der Waals surface area contributed by atoms with E-state index in [1.165, 1.54) is 32.0 Å². The largest absolute Gasteiger partial charge is 0.492 e. The average Bonchev–Trinajstić information content (AvgIpc) is 2.47. The second kappa shape index (κ2) is 9.13. The second-order valence-corrected chi connectivity index (χ2v) is 8.16. The van der Waals surface area contributed by atoms with Gasteiger partial charge in [0.2, 0.25) is 0 Å². The molecule has 156 valence electrons. The molecular weight excluding hydrogens is 440 g/mol. The molecule has 0 atom stereocenters. The van der Waals surface area contributed by atoms with Crippen LogP contribution in [-0.2, 0) is 4.79 Å². The molecule has 9 heteroatoms. The van der Waals surface area contributed by atoms with Gasteiger partial charge in [-0.2, -0.15) is 0 Å². The first-order valence-electron chi connectivity index (χ1n) is 8.40. The second-order valence-electron chi connectivity index (χ2n) is 7.31. The highest BCUT2D eigenvalue weighted by Gasteiger charge is 2.28. The lowest BCUT2D eigenvalue weighted by molar-refractivity contribution is -0.375. The molecular formula is C19H24BrF2NO5. The predicted octanol–water partition coefficient (Wildman–Crippen LogP) is 4.06. The molecule has 6 nitrogen and oxygen atoms in total. The van der Waals surface area contributed by atoms with Crippen molar-refractivity contribution >= 4 is 38.3 Å². The van der Waals surface area contributed by atoms with Crippen LogP contribution in [0, 0.1) is 11.7 Å². The van der Waals surface area contributed by atoms with Crippen molar-refractivity contribution < 1.29 is 33.6 Å². The Labute approximate surface area is 170 Å². The molecule has 0 saturated carbocycles. The number of benzene rings is 2. The number of aliphatic hydroxyl groups is 3. The van der Waals surface area contributed by atoms with Gasteiger partial charge in [-0.05, 0) is 59.3 Å². The van der Waals surface area contributed by atoms with E-state index in [9.17, 15) is 18.7 Å². The number of nitrogens with one attached hydrogen (secondary N) is 1. The van der Waals surface area contributed by atoms with Crippen molar-refractivity contribution in [1.29, 1.82) is 0 Å². The lowest BCUT2D eigenvalue weighted by Gasteiger charge is -2.19. The summed E-state index contributed by atoms with van der Waals surface area (Å²) in [6.07, 6.45) is -4.05. The van der Waals surface area contributed by atoms with Crippen molar-refractivity contribution in [2.75, 3.05) is 5.32 Å². The molecule has 0 radical (unpaired) electrons. The summed E-state index contributed by atoms with van der Waals surface area (Å²) in [5.41, 5.74) is -1.33. The summed E-state index contributed by atoms with van der Waals surface area (Å²) in [6, 6.07) is 5.06. The van der Waals surface area contributed by atoms with Gasteiger partial charge in [-0.1, -0.05) is 26.8 Å². The van der Waals surface area contributed by atoms with E-state index in [2.05, 4.69) is 46.8 Å². The number of anilines is 1. The van der Waals surface area contributed by atoms with Crippen LogP contribution in [0.3, 0.4) is 0 Å². The van der Waals surface area contributed by atoms with E-state index < -0.39 is 29.3 Å². The summed E-state index contributed by atoms with van der Waals surface area (Å²) < 4.78 is 31.2. The van der Waals surface area contributed by atoms with Crippen molar-refractivity contribution in [1.82, 2.24) is 0 Å². The van der Waals surface area contributed by atoms with E-state index in [-0.39, 0.29) is 15.5 Å². The highest BCUT2D eigenvalue weighted by atomic mass is 79.9. The first-order chi connectivity index (χ1) is 12.6. The molecule has 2 aromatic carbocycles. The van der Waals surface area contributed by atoms with Crippen LogP contribution in [0.2, 0.25) is 0 Å². The first kappa shape index (κ1) is 24.2. The van der Waals surface area contributed by atoms with Crippen LogP contribution in [-0.4, -0.2) is 33.1 Å². The highest BCUT2D eigenvalue weighted by molar-refractivity contribution is 9.10. The van der Waals surface area contributed by atoms with E-state index in [0.29, 0.717) is 5.39 Å². The van der Waals surface area contributed by atoms with Gasteiger partial charge in [0, 0.05) is 15.5 Å². The first-order valence-corrected chi connectivity index (χ1v) is 9.19. The van der Waals surface area contributed by atoms with Gasteiger partial charge in [-0.25, -0.2) is 4.39 Å². The van der Waals surface area contributed by atoms with Crippen LogP contribution >= 0.6 is 15.9 Å². The van der Waals surface area contributed by atoms with E-state index in [0.717, 1.165) is 12.0 Å². The number of carbonyl (C=O) groups excluding carboxylic acids is 1. The molecule has 0 aliphatic carbocycles. The minimum absolute atomic E-state index is 0.0291. The third kappa shape index (κ3) is 7.31. The number of ether oxygens (including phenoxy) is 1. The zero-order chi connectivity index (χ0) is 21.9. The maximum absolute atomic E-state index is 13.9. The number of hydrogen-bond donors (Lipinski definition) is 4. The van der Waals surface area contributed by atoms with E-state index in [4.69, 9.17) is 10.2 Å². The Morgan fingerprint density at radius 2 is 1.71 bits per heavy atom. The molecule has 4 N–H and O–H groups in total. The number of halogens is 3. The zero-order valence-electron chi connectivity index (χ0n) is 16.2. The van der Waals surface area contributed by atoms with Crippen molar-refractivity contribution in [3.8, 4) is 5.75 Å². The lowest BCUT2D eigenvalue weighted by Crippen LogP contribution is -2.36. The van der Waals surface area contributed by atoms with Crippen LogP contribution < -0.4 is 10.1 Å². The van der Waals surface area contributed by atoms with Crippen molar-refractivity contribution in [3.05, 3.63) is 34.6 Å². The van der Waals surface area contributed by atoms with Crippen LogP contribution in [0.1, 0.15) is 34.6 Å². The molecule has 0 aliphatic rings. The van der Waals surface area contributed by atoms with Gasteiger partial charge in [0.05, 0.1) is 0 Å². The Balaban J connectivity index is 0.000000892. The lowest BCUT2D eigenvalue weighted by atomic mass is 10.1. The monoisotopic (exact) mass is 463 g/mol. The normalized spacial score (nSPS) is 11.9. The van der Waals surface area contributed by atoms with Gasteiger partial charge in [0.15, 0.2) is 11.6 Å². The maximum Gasteiger partial charge on any atom is 0.492 e. The van der Waals surface area contributed by atoms with Crippen LogP contribution in [0.4, 0.5) is 14.5 Å². The third-order valence-corrected chi connectivity index (χ3v) is 3.64. The van der Waals surface area contributed by atoms with Gasteiger partial charge < -0.3 is 25.4 Å². The topological polar surface area (TPSA) is 99.0 Å². The van der Waals surface area contributed by atoms with Crippen LogP contribution in [0.15, 0.2) is 28.7 Å². The fourth-order valence-electron chi connectivity index (χ4n) is 1.94. The minimum atomic E-state index is -4.05. The molecule has 2 aromatic rings. The van der Waals surface area contributed by atoms with Gasteiger partial charge in [-0.15, -0.1) is 4.39 Å². The Bertz CT molecular complexity index is 842. The highest BCUT2D eigenvalue weighted by Crippen LogP contribution is 2.38. The van der Waals surface area contributed by atoms with Gasteiger partial charge in [0.25, 0.3) is 5.91 Å². The van der Waals surface area contributed by atoms with E-state index in [1.54, 1.807) is 0 Å². The fourth-order valence-corrected chi connectivity index (χ4v) is 2.60. The van der Waals surface area contributed by atoms with Crippen molar-refractivity contribution in [2.45, 2.75) is 46.4 Å². The summed E-state index contributed by atoms with van der Waals surface area (Å²) in [5.74, 6) is -1.56. The number of fused-ring (bicyclic) bond motifs is 1. The van der Waals surface area contributed by atoms with Crippen molar-refractivity contribution in [2.24, 2.45) is 5.92 Å². The number of hydrogen-bond acceptors (Lipinski definition) is 5. The molecule has 0 heterocycles. The molecule has 0 bridgehead atoms. The van der Waals surface area contributed by atoms with E-state index in [1.807, 2.05) is 0 Å². The van der Waals surface area contributed by atoms with E-state index >= 15 is 0 Å². The van der Waals surface area contributed by atoms with Gasteiger partial charge in [0.1, 0.15) is 5.60 Å². The summed E-state index contributed by atoms with van der Waals surface area (Å²) in [7, 11) is 0. The fraction of sp³-hybridized carbons (Fsp3) is 0.421. The SMILES string of the molecule is CC(C)(O)C(=O)Nc1cc(Br)c2c(OC(O)(O)F)c(F)ccc2c1.CC(C)C. The van der Waals surface area contributed by atoms with Crippen molar-refractivity contribution in [3.63, 3.8) is 0 Å². The van der Waals surface area contributed by atoms with Crippen LogP contribution in [0.25, 0.3) is 10.8 Å². The Hall–Kier alpha value is -1.81. The third-order valence-electron chi connectivity index (χ3n) is 3.02. The predicted molar refractivity (Wildman–Crippen MR) is 106 cm³/mol. The summed E-state index contributed by atoms with van der Waals surface area (Å²) in [4.78, 5) is 11.8. The number of rotatable bonds is 4. The number of alkyl halides is 1. The summed E-state index contributed by atoms with van der Waals surface area (Å²) >= 11 is 3.13. The standard InChI is InChI=1S/C15H14BrF2NO5.C4H10/c1-14(2,21)13(20)19-8-5-7-3-4-10(17)12(24-15(18,22)23)11(7)9(16)6-8;1-4(2)3/h3-6,21-23H,1-2H3,(H,19,20);4H,1-3H3. The molecule has 0 aliphatic heterocycles. The summed E-state index contributed by atoms with van der Waals surface area (Å²) in [5, 5.41) is 29.9. The maximum atomic E-state index is 13.9. The minimum Gasteiger partial charge on any atom is -0.409 e. The molecule has 2 rings (SSSR count). The zero-order valence-corrected chi connectivity index (χ0v) is 17.8. The molecule has 1 amide bonds. The Morgan fingerprint density at radius 1 is 1.18 bits per heavy atom. The smallest absolute Gasteiger partial charge is 0.409 e. The van der Waals surface area contributed by atoms with Crippen LogP contribution in [0.5, 0.6) is 5.75 Å². The molecule has 0 unspecified atom stereocenters. The molecule has 28 heavy (non-hydrogen) atoms. The quantitative estimate of drug-likeness (QED) is 0.512. The average molecular weight is 464 g/mol. The Morgan fingerprint density at radius 3 is 2.18 bits per heavy atom. The molecule has 0 aromatic heterocycles.